The van der Waals surface area contributed by atoms with Crippen molar-refractivity contribution in [3.63, 3.8) is 0 Å². The first-order chi connectivity index (χ1) is 15.7. The molecule has 194 valence electrons. The molecule has 0 spiro atoms. The average molecular weight is 525 g/mol. The molecule has 0 aliphatic heterocycles. The maximum atomic E-state index is 8.49. The molecule has 0 atom stereocenters. The van der Waals surface area contributed by atoms with E-state index >= 15 is 0 Å². The van der Waals surface area contributed by atoms with Crippen molar-refractivity contribution < 1.29 is 66.9 Å². The minimum atomic E-state index is -4.94. The maximum absolute atomic E-state index is 8.49. The Labute approximate surface area is 205 Å². The first-order valence-corrected chi connectivity index (χ1v) is 13.4. The number of aryl methyl sites for hydroxylation is 4. The minimum absolute atomic E-state index is 1.16. The van der Waals surface area contributed by atoms with Crippen molar-refractivity contribution in [2.45, 2.75) is 78.3 Å². The van der Waals surface area contributed by atoms with Gasteiger partial charge in [0.05, 0.1) is 0 Å². The standard InChI is InChI=1S/C22H34N2.2ClHO4/c1-21-11-17-23(18-12-21)15-9-7-5-3-4-6-8-10-16-24-19-13-22(2)14-20-24;2*2-1(3,4)5/h11-14,17-20H,3-10,15-16H2,1-2H3;2*(H,2,3,4,5)/q+2;;/p-2. The Morgan fingerprint density at radius 1 is 0.471 bits per heavy atom. The number of rotatable bonds is 11. The van der Waals surface area contributed by atoms with E-state index in [0.29, 0.717) is 0 Å². The lowest BCUT2D eigenvalue weighted by molar-refractivity contribution is -2.00. The molecule has 12 heteroatoms. The molecule has 0 saturated carbocycles. The van der Waals surface area contributed by atoms with Crippen molar-refractivity contribution >= 4 is 0 Å². The van der Waals surface area contributed by atoms with E-state index in [1.54, 1.807) is 0 Å². The van der Waals surface area contributed by atoms with Crippen LogP contribution in [0.1, 0.15) is 62.5 Å². The molecule has 34 heavy (non-hydrogen) atoms. The van der Waals surface area contributed by atoms with Crippen LogP contribution in [0, 0.1) is 34.3 Å². The van der Waals surface area contributed by atoms with Crippen LogP contribution in [0.4, 0.5) is 0 Å². The van der Waals surface area contributed by atoms with E-state index < -0.39 is 20.5 Å². The van der Waals surface area contributed by atoms with Gasteiger partial charge < -0.3 is 0 Å². The van der Waals surface area contributed by atoms with Crippen LogP contribution in [-0.4, -0.2) is 0 Å². The van der Waals surface area contributed by atoms with Gasteiger partial charge in [-0.3, -0.25) is 0 Å². The molecule has 0 radical (unpaired) electrons. The summed E-state index contributed by atoms with van der Waals surface area (Å²) >= 11 is 0. The van der Waals surface area contributed by atoms with Crippen molar-refractivity contribution in [1.82, 2.24) is 0 Å². The van der Waals surface area contributed by atoms with E-state index in [1.807, 2.05) is 0 Å². The molecule has 2 aromatic heterocycles. The summed E-state index contributed by atoms with van der Waals surface area (Å²) in [5.41, 5.74) is 2.68. The number of aromatic nitrogens is 2. The van der Waals surface area contributed by atoms with Gasteiger partial charge in [0.25, 0.3) is 0 Å². The number of hydrogen-bond acceptors (Lipinski definition) is 8. The molecule has 10 nitrogen and oxygen atoms in total. The van der Waals surface area contributed by atoms with Gasteiger partial charge in [0.15, 0.2) is 24.8 Å². The lowest BCUT2D eigenvalue weighted by Gasteiger charge is -2.17. The van der Waals surface area contributed by atoms with Gasteiger partial charge in [-0.1, -0.05) is 25.7 Å². The van der Waals surface area contributed by atoms with Crippen molar-refractivity contribution in [1.29, 1.82) is 0 Å². The molecule has 0 N–H and O–H groups in total. The maximum Gasteiger partial charge on any atom is 0.169 e. The first kappa shape index (κ1) is 32.6. The zero-order valence-electron chi connectivity index (χ0n) is 19.6. The second kappa shape index (κ2) is 17.9. The van der Waals surface area contributed by atoms with Crippen LogP contribution in [0.2, 0.25) is 0 Å². The summed E-state index contributed by atoms with van der Waals surface area (Å²) in [5, 5.41) is 0. The number of unbranched alkanes of at least 4 members (excludes halogenated alkanes) is 7. The summed E-state index contributed by atoms with van der Waals surface area (Å²) in [5.74, 6) is 0. The third kappa shape index (κ3) is 26.8. The average Bonchev–Trinajstić information content (AvgIpc) is 2.70. The highest BCUT2D eigenvalue weighted by atomic mass is 35.7. The molecule has 2 heterocycles. The molecule has 0 bridgehead atoms. The van der Waals surface area contributed by atoms with Crippen molar-refractivity contribution in [2.24, 2.45) is 0 Å². The monoisotopic (exact) mass is 524 g/mol. The van der Waals surface area contributed by atoms with Gasteiger partial charge >= 0.3 is 0 Å². The fourth-order valence-electron chi connectivity index (χ4n) is 3.01. The summed E-state index contributed by atoms with van der Waals surface area (Å²) in [6.07, 6.45) is 19.7. The van der Waals surface area contributed by atoms with Crippen LogP contribution in [0.3, 0.4) is 0 Å². The summed E-state index contributed by atoms with van der Waals surface area (Å²) in [7, 11) is -9.89. The topological polar surface area (TPSA) is 192 Å². The van der Waals surface area contributed by atoms with Crippen LogP contribution >= 0.6 is 0 Å². The number of halogens is 2. The molecule has 0 unspecified atom stereocenters. The van der Waals surface area contributed by atoms with Gasteiger partial charge in [0, 0.05) is 37.1 Å². The van der Waals surface area contributed by atoms with Crippen molar-refractivity contribution in [2.75, 3.05) is 0 Å². The van der Waals surface area contributed by atoms with E-state index in [-0.39, 0.29) is 0 Å². The fraction of sp³-hybridized carbons (Fsp3) is 0.545. The Hall–Kier alpha value is -1.44. The number of nitrogens with zero attached hydrogens (tertiary/aromatic N) is 2. The smallest absolute Gasteiger partial charge is 0.169 e. The molecule has 0 amide bonds. The Kier molecular flexibility index (Phi) is 17.2. The molecular formula is C22H34Cl2N2O8. The van der Waals surface area contributed by atoms with Gasteiger partial charge in [-0.05, 0) is 37.8 Å². The van der Waals surface area contributed by atoms with Crippen LogP contribution in [0.5, 0.6) is 0 Å². The van der Waals surface area contributed by atoms with Gasteiger partial charge in [-0.25, -0.2) is 46.4 Å². The van der Waals surface area contributed by atoms with Crippen molar-refractivity contribution in [3.05, 3.63) is 60.2 Å². The minimum Gasteiger partial charge on any atom is -0.222 e. The Bertz CT molecular complexity index is 674. The van der Waals surface area contributed by atoms with Crippen LogP contribution in [0.15, 0.2) is 49.1 Å². The van der Waals surface area contributed by atoms with E-state index in [2.05, 4.69) is 72.0 Å². The van der Waals surface area contributed by atoms with Gasteiger partial charge in [0.1, 0.15) is 13.1 Å². The predicted molar refractivity (Wildman–Crippen MR) is 99.7 cm³/mol. The lowest BCUT2D eigenvalue weighted by Crippen LogP contribution is -2.68. The zero-order valence-corrected chi connectivity index (χ0v) is 21.1. The molecule has 0 fully saturated rings. The highest BCUT2D eigenvalue weighted by Crippen LogP contribution is 2.08. The number of pyridine rings is 2. The summed E-state index contributed by atoms with van der Waals surface area (Å²) in [6, 6.07) is 8.76. The molecule has 2 rings (SSSR count). The largest absolute Gasteiger partial charge is 0.222 e. The van der Waals surface area contributed by atoms with Gasteiger partial charge in [0.2, 0.25) is 0 Å². The van der Waals surface area contributed by atoms with E-state index in [0.717, 1.165) is 13.1 Å². The van der Waals surface area contributed by atoms with Crippen LogP contribution in [0.25, 0.3) is 0 Å². The second-order valence-corrected chi connectivity index (χ2v) is 9.32. The predicted octanol–water partition coefficient (Wildman–Crippen LogP) is -4.81. The quantitative estimate of drug-likeness (QED) is 0.206. The summed E-state index contributed by atoms with van der Waals surface area (Å²) < 4.78 is 72.5. The van der Waals surface area contributed by atoms with Crippen LogP contribution in [-0.2, 0) is 13.1 Å². The van der Waals surface area contributed by atoms with Gasteiger partial charge in [-0.2, -0.15) is 0 Å². The molecule has 0 aliphatic carbocycles. The first-order valence-electron chi connectivity index (χ1n) is 10.9. The van der Waals surface area contributed by atoms with E-state index in [9.17, 15) is 0 Å². The molecule has 0 aliphatic rings. The van der Waals surface area contributed by atoms with E-state index in [1.165, 1.54) is 62.5 Å². The zero-order chi connectivity index (χ0) is 26.0. The molecule has 0 saturated heterocycles. The van der Waals surface area contributed by atoms with Crippen molar-refractivity contribution in [3.8, 4) is 0 Å². The molecule has 0 aromatic carbocycles. The number of hydrogen-bond donors (Lipinski definition) is 0. The fourth-order valence-corrected chi connectivity index (χ4v) is 3.01. The summed E-state index contributed by atoms with van der Waals surface area (Å²) in [6.45, 7) is 6.61. The van der Waals surface area contributed by atoms with Gasteiger partial charge in [-0.15, -0.1) is 20.5 Å². The SMILES string of the molecule is Cc1cc[n+](CCCCCCCCCC[n+]2ccc(C)cc2)cc1.[O-][Cl+3]([O-])([O-])[O-].[O-][Cl+3]([O-])([O-])[O-]. The summed E-state index contributed by atoms with van der Waals surface area (Å²) in [4.78, 5) is 0. The van der Waals surface area contributed by atoms with E-state index in [4.69, 9.17) is 37.3 Å². The third-order valence-electron chi connectivity index (χ3n) is 4.70. The highest BCUT2D eigenvalue weighted by Gasteiger charge is 2.01. The second-order valence-electron chi connectivity index (χ2n) is 7.81. The highest BCUT2D eigenvalue weighted by molar-refractivity contribution is 5.03. The molecule has 2 aromatic rings. The molecular weight excluding hydrogens is 491 g/mol. The Morgan fingerprint density at radius 3 is 0.912 bits per heavy atom. The lowest BCUT2D eigenvalue weighted by atomic mass is 10.1. The van der Waals surface area contributed by atoms with Crippen LogP contribution < -0.4 is 46.4 Å². The Balaban J connectivity index is 0.000000916. The normalized spacial score (nSPS) is 11.2. The third-order valence-corrected chi connectivity index (χ3v) is 4.70. The Morgan fingerprint density at radius 2 is 0.676 bits per heavy atom.